The average Bonchev–Trinajstić information content (AvgIpc) is 2.67. The van der Waals surface area contributed by atoms with Crippen molar-refractivity contribution in [3.63, 3.8) is 0 Å². The van der Waals surface area contributed by atoms with Gasteiger partial charge in [-0.15, -0.1) is 11.3 Å². The Morgan fingerprint density at radius 1 is 1.33 bits per heavy atom. The summed E-state index contributed by atoms with van der Waals surface area (Å²) < 4.78 is 1.58. The first-order valence-corrected chi connectivity index (χ1v) is 7.98. The van der Waals surface area contributed by atoms with Crippen molar-refractivity contribution >= 4 is 34.5 Å². The molecular weight excluding hydrogens is 287 g/mol. The standard InChI is InChI=1S/C13H20Cl2N2S/c1-8(11-7-12(14)18-13(11)15)17(2)10-5-3-9(16)4-6-10/h7-10H,3-6,16H2,1-2H3. The lowest BCUT2D eigenvalue weighted by atomic mass is 9.90. The van der Waals surface area contributed by atoms with E-state index in [4.69, 9.17) is 28.9 Å². The molecule has 0 amide bonds. The van der Waals surface area contributed by atoms with Gasteiger partial charge in [0.25, 0.3) is 0 Å². The topological polar surface area (TPSA) is 29.3 Å². The van der Waals surface area contributed by atoms with E-state index in [9.17, 15) is 0 Å². The Balaban J connectivity index is 2.04. The summed E-state index contributed by atoms with van der Waals surface area (Å²) in [4.78, 5) is 2.41. The van der Waals surface area contributed by atoms with Crippen LogP contribution in [0.4, 0.5) is 0 Å². The van der Waals surface area contributed by atoms with Gasteiger partial charge in [-0.05, 0) is 45.7 Å². The van der Waals surface area contributed by atoms with Crippen LogP contribution in [0.1, 0.15) is 44.2 Å². The monoisotopic (exact) mass is 306 g/mol. The summed E-state index contributed by atoms with van der Waals surface area (Å²) in [6.07, 6.45) is 4.61. The van der Waals surface area contributed by atoms with Gasteiger partial charge in [-0.1, -0.05) is 23.2 Å². The fraction of sp³-hybridized carbons (Fsp3) is 0.692. The van der Waals surface area contributed by atoms with Crippen molar-refractivity contribution in [2.75, 3.05) is 7.05 Å². The van der Waals surface area contributed by atoms with Gasteiger partial charge in [0.1, 0.15) is 0 Å². The number of halogens is 2. The zero-order valence-electron chi connectivity index (χ0n) is 10.8. The van der Waals surface area contributed by atoms with Crippen molar-refractivity contribution in [2.45, 2.75) is 50.7 Å². The SMILES string of the molecule is CC(c1cc(Cl)sc1Cl)N(C)C1CCC(N)CC1. The number of thiophene rings is 1. The molecule has 5 heteroatoms. The van der Waals surface area contributed by atoms with Crippen LogP contribution in [0.3, 0.4) is 0 Å². The lowest BCUT2D eigenvalue weighted by molar-refractivity contribution is 0.141. The van der Waals surface area contributed by atoms with Gasteiger partial charge in [0.15, 0.2) is 0 Å². The van der Waals surface area contributed by atoms with Gasteiger partial charge in [0.2, 0.25) is 0 Å². The van der Waals surface area contributed by atoms with Gasteiger partial charge in [-0.25, -0.2) is 0 Å². The molecule has 1 fully saturated rings. The molecule has 0 bridgehead atoms. The minimum Gasteiger partial charge on any atom is -0.328 e. The first-order valence-electron chi connectivity index (χ1n) is 6.41. The van der Waals surface area contributed by atoms with Crippen LogP contribution in [0.25, 0.3) is 0 Å². The second-order valence-corrected chi connectivity index (χ2v) is 7.48. The van der Waals surface area contributed by atoms with Crippen LogP contribution in [0.15, 0.2) is 6.07 Å². The molecule has 2 N–H and O–H groups in total. The smallest absolute Gasteiger partial charge is 0.0991 e. The van der Waals surface area contributed by atoms with Crippen molar-refractivity contribution in [1.29, 1.82) is 0 Å². The van der Waals surface area contributed by atoms with Crippen LogP contribution < -0.4 is 5.73 Å². The Morgan fingerprint density at radius 3 is 2.44 bits per heavy atom. The summed E-state index contributed by atoms with van der Waals surface area (Å²) >= 11 is 13.7. The molecule has 1 aromatic heterocycles. The predicted molar refractivity (Wildman–Crippen MR) is 80.7 cm³/mol. The van der Waals surface area contributed by atoms with E-state index in [2.05, 4.69) is 18.9 Å². The fourth-order valence-corrected chi connectivity index (χ4v) is 4.32. The normalized spacial score (nSPS) is 26.6. The van der Waals surface area contributed by atoms with E-state index < -0.39 is 0 Å². The number of nitrogens with two attached hydrogens (primary N) is 1. The van der Waals surface area contributed by atoms with Crippen molar-refractivity contribution in [3.8, 4) is 0 Å². The molecule has 0 saturated heterocycles. The largest absolute Gasteiger partial charge is 0.328 e. The Bertz CT molecular complexity index is 400. The molecule has 0 aromatic carbocycles. The number of hydrogen-bond acceptors (Lipinski definition) is 3. The van der Waals surface area contributed by atoms with E-state index in [1.54, 1.807) is 0 Å². The zero-order chi connectivity index (χ0) is 13.3. The molecule has 1 aromatic rings. The van der Waals surface area contributed by atoms with E-state index in [-0.39, 0.29) is 0 Å². The highest BCUT2D eigenvalue weighted by Gasteiger charge is 2.27. The van der Waals surface area contributed by atoms with Crippen molar-refractivity contribution < 1.29 is 0 Å². The van der Waals surface area contributed by atoms with Gasteiger partial charge >= 0.3 is 0 Å². The van der Waals surface area contributed by atoms with E-state index in [1.165, 1.54) is 24.2 Å². The molecule has 102 valence electrons. The van der Waals surface area contributed by atoms with E-state index in [1.807, 2.05) is 6.07 Å². The first kappa shape index (κ1) is 14.6. The fourth-order valence-electron chi connectivity index (χ4n) is 2.68. The highest BCUT2D eigenvalue weighted by molar-refractivity contribution is 7.20. The summed E-state index contributed by atoms with van der Waals surface area (Å²) in [5.74, 6) is 0. The maximum Gasteiger partial charge on any atom is 0.0991 e. The van der Waals surface area contributed by atoms with Crippen LogP contribution in [0, 0.1) is 0 Å². The second-order valence-electron chi connectivity index (χ2n) is 5.19. The predicted octanol–water partition coefficient (Wildman–Crippen LogP) is 4.32. The van der Waals surface area contributed by atoms with E-state index in [0.717, 1.165) is 27.1 Å². The Hall–Kier alpha value is 0.200. The molecule has 1 heterocycles. The summed E-state index contributed by atoms with van der Waals surface area (Å²) in [7, 11) is 2.17. The maximum absolute atomic E-state index is 6.23. The van der Waals surface area contributed by atoms with Crippen LogP contribution in [-0.2, 0) is 0 Å². The van der Waals surface area contributed by atoms with Crippen molar-refractivity contribution in [3.05, 3.63) is 20.3 Å². The Morgan fingerprint density at radius 2 is 1.94 bits per heavy atom. The molecule has 18 heavy (non-hydrogen) atoms. The van der Waals surface area contributed by atoms with E-state index in [0.29, 0.717) is 18.1 Å². The minimum absolute atomic E-state index is 0.306. The summed E-state index contributed by atoms with van der Waals surface area (Å²) in [5, 5.41) is 0. The number of rotatable bonds is 3. The first-order chi connectivity index (χ1) is 8.49. The Labute approximate surface area is 123 Å². The minimum atomic E-state index is 0.306. The molecule has 2 nitrogen and oxygen atoms in total. The second kappa shape index (κ2) is 6.10. The molecule has 1 aliphatic rings. The molecule has 2 rings (SSSR count). The maximum atomic E-state index is 6.23. The van der Waals surface area contributed by atoms with Crippen LogP contribution in [0.5, 0.6) is 0 Å². The third kappa shape index (κ3) is 3.20. The van der Waals surface area contributed by atoms with Gasteiger partial charge in [-0.2, -0.15) is 0 Å². The highest BCUT2D eigenvalue weighted by Crippen LogP contribution is 2.38. The highest BCUT2D eigenvalue weighted by atomic mass is 35.5. The van der Waals surface area contributed by atoms with Crippen LogP contribution >= 0.6 is 34.5 Å². The van der Waals surface area contributed by atoms with Crippen molar-refractivity contribution in [2.24, 2.45) is 5.73 Å². The lowest BCUT2D eigenvalue weighted by Gasteiger charge is -2.37. The quantitative estimate of drug-likeness (QED) is 0.901. The summed E-state index contributed by atoms with van der Waals surface area (Å²) in [6, 6.07) is 3.30. The Kier molecular flexibility index (Phi) is 4.95. The van der Waals surface area contributed by atoms with Crippen LogP contribution in [0.2, 0.25) is 8.67 Å². The van der Waals surface area contributed by atoms with Gasteiger partial charge in [-0.3, -0.25) is 4.90 Å². The average molecular weight is 307 g/mol. The van der Waals surface area contributed by atoms with Crippen LogP contribution in [-0.4, -0.2) is 24.0 Å². The van der Waals surface area contributed by atoms with E-state index >= 15 is 0 Å². The third-order valence-corrected chi connectivity index (χ3v) is 5.58. The van der Waals surface area contributed by atoms with Gasteiger partial charge in [0, 0.05) is 23.7 Å². The zero-order valence-corrected chi connectivity index (χ0v) is 13.2. The summed E-state index contributed by atoms with van der Waals surface area (Å²) in [6.45, 7) is 2.19. The number of nitrogens with zero attached hydrogens (tertiary/aromatic N) is 1. The lowest BCUT2D eigenvalue weighted by Crippen LogP contribution is -2.39. The van der Waals surface area contributed by atoms with Crippen molar-refractivity contribution in [1.82, 2.24) is 4.90 Å². The summed E-state index contributed by atoms with van der Waals surface area (Å²) in [5.41, 5.74) is 7.10. The molecule has 0 spiro atoms. The molecule has 1 saturated carbocycles. The number of hydrogen-bond donors (Lipinski definition) is 1. The molecule has 1 aliphatic carbocycles. The molecular formula is C13H20Cl2N2S. The molecule has 1 unspecified atom stereocenters. The molecule has 1 atom stereocenters. The van der Waals surface area contributed by atoms with Gasteiger partial charge < -0.3 is 5.73 Å². The van der Waals surface area contributed by atoms with Gasteiger partial charge in [0.05, 0.1) is 8.67 Å². The molecule has 0 aliphatic heterocycles. The molecule has 0 radical (unpaired) electrons. The third-order valence-electron chi connectivity index (χ3n) is 4.06.